The van der Waals surface area contributed by atoms with Crippen LogP contribution in [0.25, 0.3) is 11.3 Å². The van der Waals surface area contributed by atoms with E-state index in [0.717, 1.165) is 55.7 Å². The average molecular weight is 379 g/mol. The van der Waals surface area contributed by atoms with Gasteiger partial charge in [-0.25, -0.2) is 4.39 Å². The molecule has 1 atom stereocenters. The Morgan fingerprint density at radius 2 is 1.89 bits per heavy atom. The summed E-state index contributed by atoms with van der Waals surface area (Å²) in [6.45, 7) is 2.81. The van der Waals surface area contributed by atoms with Gasteiger partial charge >= 0.3 is 0 Å². The van der Waals surface area contributed by atoms with Crippen LogP contribution < -0.4 is 0 Å². The van der Waals surface area contributed by atoms with Gasteiger partial charge in [-0.3, -0.25) is 10.00 Å². The molecule has 1 saturated heterocycles. The Bertz CT molecular complexity index is 894. The molecule has 5 heteroatoms. The van der Waals surface area contributed by atoms with Crippen LogP contribution in [0.2, 0.25) is 0 Å². The van der Waals surface area contributed by atoms with Crippen molar-refractivity contribution in [2.75, 3.05) is 19.7 Å². The molecule has 0 unspecified atom stereocenters. The van der Waals surface area contributed by atoms with Gasteiger partial charge in [-0.05, 0) is 55.6 Å². The number of hydrogen-bond donors (Lipinski definition) is 2. The maximum Gasteiger partial charge on any atom is 0.123 e. The highest BCUT2D eigenvalue weighted by atomic mass is 19.1. The molecule has 2 aromatic carbocycles. The van der Waals surface area contributed by atoms with E-state index in [1.165, 1.54) is 17.7 Å². The summed E-state index contributed by atoms with van der Waals surface area (Å²) in [5.74, 6) is -0.241. The zero-order chi connectivity index (χ0) is 19.4. The molecule has 0 radical (unpaired) electrons. The van der Waals surface area contributed by atoms with Gasteiger partial charge in [0.1, 0.15) is 5.82 Å². The fraction of sp³-hybridized carbons (Fsp3) is 0.348. The lowest BCUT2D eigenvalue weighted by Gasteiger charge is -2.42. The number of piperidine rings is 1. The van der Waals surface area contributed by atoms with Crippen LogP contribution >= 0.6 is 0 Å². The first-order chi connectivity index (χ1) is 13.7. The number of hydrogen-bond acceptors (Lipinski definition) is 3. The topological polar surface area (TPSA) is 52.1 Å². The summed E-state index contributed by atoms with van der Waals surface area (Å²) in [4.78, 5) is 2.40. The maximum absolute atomic E-state index is 13.2. The summed E-state index contributed by atoms with van der Waals surface area (Å²) >= 11 is 0. The van der Waals surface area contributed by atoms with Crippen molar-refractivity contribution in [2.45, 2.75) is 25.8 Å². The van der Waals surface area contributed by atoms with Crippen LogP contribution in [0, 0.1) is 11.2 Å². The summed E-state index contributed by atoms with van der Waals surface area (Å²) < 4.78 is 13.2. The molecule has 0 saturated carbocycles. The number of benzene rings is 2. The molecule has 1 aliphatic rings. The molecule has 0 spiro atoms. The molecule has 0 amide bonds. The standard InChI is InChI=1S/C23H26FN3O/c24-21-9-7-19(8-10-21)22-20(14-25-26-22)15-27-12-4-11-23(16-27,17-28)13-18-5-2-1-3-6-18/h1-3,5-10,14,28H,4,11-13,15-17H2,(H,25,26)/t23-/m0/s1. The monoisotopic (exact) mass is 379 g/mol. The van der Waals surface area contributed by atoms with E-state index in [-0.39, 0.29) is 17.8 Å². The van der Waals surface area contributed by atoms with Crippen LogP contribution in [-0.2, 0) is 13.0 Å². The first-order valence-electron chi connectivity index (χ1n) is 9.83. The lowest BCUT2D eigenvalue weighted by molar-refractivity contribution is 0.0289. The molecular weight excluding hydrogens is 353 g/mol. The van der Waals surface area contributed by atoms with Crippen molar-refractivity contribution in [2.24, 2.45) is 5.41 Å². The number of likely N-dealkylation sites (tertiary alicyclic amines) is 1. The third-order valence-corrected chi connectivity index (χ3v) is 5.74. The molecule has 1 aliphatic heterocycles. The largest absolute Gasteiger partial charge is 0.396 e. The Morgan fingerprint density at radius 3 is 2.64 bits per heavy atom. The van der Waals surface area contributed by atoms with Gasteiger partial charge in [-0.1, -0.05) is 30.3 Å². The van der Waals surface area contributed by atoms with Crippen molar-refractivity contribution in [1.29, 1.82) is 0 Å². The van der Waals surface area contributed by atoms with E-state index in [1.807, 2.05) is 12.3 Å². The molecular formula is C23H26FN3O. The number of aliphatic hydroxyl groups excluding tert-OH is 1. The summed E-state index contributed by atoms with van der Waals surface area (Å²) in [6, 6.07) is 16.9. The van der Waals surface area contributed by atoms with Crippen LogP contribution in [0.5, 0.6) is 0 Å². The van der Waals surface area contributed by atoms with E-state index in [9.17, 15) is 9.50 Å². The lowest BCUT2D eigenvalue weighted by atomic mass is 9.75. The van der Waals surface area contributed by atoms with Gasteiger partial charge in [0.25, 0.3) is 0 Å². The highest BCUT2D eigenvalue weighted by molar-refractivity contribution is 5.62. The van der Waals surface area contributed by atoms with Crippen LogP contribution in [0.3, 0.4) is 0 Å². The predicted molar refractivity (Wildman–Crippen MR) is 108 cm³/mol. The number of aromatic amines is 1. The Hall–Kier alpha value is -2.50. The Labute approximate surface area is 165 Å². The first-order valence-corrected chi connectivity index (χ1v) is 9.83. The Balaban J connectivity index is 1.50. The van der Waals surface area contributed by atoms with E-state index < -0.39 is 0 Å². The van der Waals surface area contributed by atoms with E-state index in [2.05, 4.69) is 39.4 Å². The second-order valence-corrected chi connectivity index (χ2v) is 7.91. The second kappa shape index (κ2) is 8.25. The average Bonchev–Trinajstić information content (AvgIpc) is 3.17. The van der Waals surface area contributed by atoms with Crippen molar-refractivity contribution in [3.05, 3.63) is 77.7 Å². The predicted octanol–water partition coefficient (Wildman–Crippen LogP) is 4.03. The molecule has 3 aromatic rings. The molecule has 4 nitrogen and oxygen atoms in total. The molecule has 1 aromatic heterocycles. The van der Waals surface area contributed by atoms with E-state index in [4.69, 9.17) is 0 Å². The number of nitrogens with zero attached hydrogens (tertiary/aromatic N) is 2. The second-order valence-electron chi connectivity index (χ2n) is 7.91. The zero-order valence-electron chi connectivity index (χ0n) is 15.9. The quantitative estimate of drug-likeness (QED) is 0.680. The van der Waals surface area contributed by atoms with Crippen molar-refractivity contribution >= 4 is 0 Å². The van der Waals surface area contributed by atoms with Gasteiger partial charge in [-0.15, -0.1) is 0 Å². The third-order valence-electron chi connectivity index (χ3n) is 5.74. The fourth-order valence-corrected chi connectivity index (χ4v) is 4.34. The van der Waals surface area contributed by atoms with Crippen molar-refractivity contribution < 1.29 is 9.50 Å². The number of nitrogens with one attached hydrogen (secondary N) is 1. The fourth-order valence-electron chi connectivity index (χ4n) is 4.34. The number of rotatable bonds is 6. The number of halogens is 1. The Morgan fingerprint density at radius 1 is 1.11 bits per heavy atom. The minimum atomic E-state index is -0.241. The summed E-state index contributed by atoms with van der Waals surface area (Å²) in [7, 11) is 0. The van der Waals surface area contributed by atoms with Gasteiger partial charge in [0.2, 0.25) is 0 Å². The van der Waals surface area contributed by atoms with Gasteiger partial charge in [0, 0.05) is 29.6 Å². The first kappa shape index (κ1) is 18.8. The SMILES string of the molecule is OC[C@]1(Cc2ccccc2)CCCN(Cc2cn[nH]c2-c2ccc(F)cc2)C1. The Kier molecular flexibility index (Phi) is 5.55. The van der Waals surface area contributed by atoms with Gasteiger partial charge < -0.3 is 5.11 Å². The molecule has 2 N–H and O–H groups in total. The van der Waals surface area contributed by atoms with Crippen LogP contribution in [0.15, 0.2) is 60.8 Å². The minimum absolute atomic E-state index is 0.112. The smallest absolute Gasteiger partial charge is 0.123 e. The molecule has 146 valence electrons. The molecule has 0 bridgehead atoms. The van der Waals surface area contributed by atoms with E-state index >= 15 is 0 Å². The van der Waals surface area contributed by atoms with Gasteiger partial charge in [-0.2, -0.15) is 5.10 Å². The van der Waals surface area contributed by atoms with Crippen molar-refractivity contribution in [3.63, 3.8) is 0 Å². The van der Waals surface area contributed by atoms with Crippen molar-refractivity contribution in [3.8, 4) is 11.3 Å². The molecule has 1 fully saturated rings. The molecule has 2 heterocycles. The highest BCUT2D eigenvalue weighted by Gasteiger charge is 2.35. The molecule has 0 aliphatic carbocycles. The lowest BCUT2D eigenvalue weighted by Crippen LogP contribution is -2.46. The minimum Gasteiger partial charge on any atom is -0.396 e. The normalized spacial score (nSPS) is 20.4. The van der Waals surface area contributed by atoms with Crippen LogP contribution in [0.4, 0.5) is 4.39 Å². The molecule has 4 rings (SSSR count). The van der Waals surface area contributed by atoms with Crippen LogP contribution in [-0.4, -0.2) is 39.9 Å². The highest BCUT2D eigenvalue weighted by Crippen LogP contribution is 2.34. The maximum atomic E-state index is 13.2. The zero-order valence-corrected chi connectivity index (χ0v) is 15.9. The van der Waals surface area contributed by atoms with E-state index in [0.29, 0.717) is 0 Å². The number of aromatic nitrogens is 2. The van der Waals surface area contributed by atoms with E-state index in [1.54, 1.807) is 12.1 Å². The van der Waals surface area contributed by atoms with Gasteiger partial charge in [0.05, 0.1) is 18.5 Å². The summed E-state index contributed by atoms with van der Waals surface area (Å²) in [5.41, 5.74) is 4.12. The van der Waals surface area contributed by atoms with Crippen molar-refractivity contribution in [1.82, 2.24) is 15.1 Å². The number of H-pyrrole nitrogens is 1. The summed E-state index contributed by atoms with van der Waals surface area (Å²) in [5, 5.41) is 17.5. The van der Waals surface area contributed by atoms with Crippen LogP contribution in [0.1, 0.15) is 24.0 Å². The third kappa shape index (κ3) is 4.16. The molecule has 28 heavy (non-hydrogen) atoms. The number of aliphatic hydroxyl groups is 1. The summed E-state index contributed by atoms with van der Waals surface area (Å²) in [6.07, 6.45) is 4.84. The van der Waals surface area contributed by atoms with Gasteiger partial charge in [0.15, 0.2) is 0 Å².